The Balaban J connectivity index is 1.68. The molecule has 1 N–H and O–H groups in total. The highest BCUT2D eigenvalue weighted by Gasteiger charge is 2.17. The van der Waals surface area contributed by atoms with E-state index in [0.717, 1.165) is 28.2 Å². The van der Waals surface area contributed by atoms with Gasteiger partial charge in [-0.3, -0.25) is 19.8 Å². The number of nitrogens with one attached hydrogen (secondary N) is 1. The Morgan fingerprint density at radius 1 is 1.17 bits per heavy atom. The van der Waals surface area contributed by atoms with Crippen molar-refractivity contribution in [2.24, 2.45) is 0 Å². The molecule has 0 unspecified atom stereocenters. The molecule has 1 heterocycles. The van der Waals surface area contributed by atoms with E-state index in [1.54, 1.807) is 13.0 Å². The molecule has 8 heteroatoms. The number of benzene rings is 2. The lowest BCUT2D eigenvalue weighted by molar-refractivity contribution is -0.384. The van der Waals surface area contributed by atoms with Gasteiger partial charge < -0.3 is 5.32 Å². The van der Waals surface area contributed by atoms with Crippen molar-refractivity contribution >= 4 is 17.3 Å². The van der Waals surface area contributed by atoms with Gasteiger partial charge >= 0.3 is 0 Å². The predicted molar refractivity (Wildman–Crippen MR) is 116 cm³/mol. The molecule has 156 valence electrons. The minimum Gasteiger partial charge on any atom is -0.324 e. The number of nitro benzene ring substituents is 1. The lowest BCUT2D eigenvalue weighted by Crippen LogP contribution is -2.30. The largest absolute Gasteiger partial charge is 0.324 e. The number of aryl methyl sites for hydroxylation is 2. The first kappa shape index (κ1) is 21.2. The monoisotopic (exact) mass is 407 g/mol. The second-order valence-corrected chi connectivity index (χ2v) is 7.37. The number of rotatable bonds is 7. The van der Waals surface area contributed by atoms with Crippen molar-refractivity contribution in [3.05, 3.63) is 81.2 Å². The van der Waals surface area contributed by atoms with Gasteiger partial charge in [-0.1, -0.05) is 24.3 Å². The first-order chi connectivity index (χ1) is 14.3. The smallest absolute Gasteiger partial charge is 0.271 e. The maximum Gasteiger partial charge on any atom is 0.271 e. The third kappa shape index (κ3) is 4.72. The highest BCUT2D eigenvalue weighted by molar-refractivity contribution is 5.93. The fourth-order valence-electron chi connectivity index (χ4n) is 3.34. The summed E-state index contributed by atoms with van der Waals surface area (Å²) in [6.07, 6.45) is 0. The van der Waals surface area contributed by atoms with Crippen LogP contribution in [0.1, 0.15) is 22.5 Å². The van der Waals surface area contributed by atoms with Crippen molar-refractivity contribution in [3.63, 3.8) is 0 Å². The average molecular weight is 407 g/mol. The van der Waals surface area contributed by atoms with Crippen LogP contribution >= 0.6 is 0 Å². The number of nitrogens with zero attached hydrogens (tertiary/aromatic N) is 4. The van der Waals surface area contributed by atoms with Crippen LogP contribution in [0.25, 0.3) is 5.69 Å². The summed E-state index contributed by atoms with van der Waals surface area (Å²) in [5.74, 6) is -0.230. The second kappa shape index (κ2) is 8.87. The number of amides is 1. The van der Waals surface area contributed by atoms with Gasteiger partial charge in [0.1, 0.15) is 0 Å². The SMILES string of the molecule is Cc1ccc([N+](=O)[O-])cc1NC(=O)CN(C)Cc1c(C)nn(-c2ccccc2)c1C. The average Bonchev–Trinajstić information content (AvgIpc) is 2.98. The maximum atomic E-state index is 12.5. The number of likely N-dealkylation sites (N-methyl/N-ethyl adjacent to an activating group) is 1. The van der Waals surface area contributed by atoms with Gasteiger partial charge in [0.2, 0.25) is 5.91 Å². The molecule has 0 spiro atoms. The summed E-state index contributed by atoms with van der Waals surface area (Å²) in [5.41, 5.74) is 5.17. The van der Waals surface area contributed by atoms with Gasteiger partial charge in [-0.15, -0.1) is 0 Å². The molecule has 3 aromatic rings. The Morgan fingerprint density at radius 2 is 1.87 bits per heavy atom. The lowest BCUT2D eigenvalue weighted by atomic mass is 10.1. The molecule has 2 aromatic carbocycles. The number of nitro groups is 1. The third-order valence-corrected chi connectivity index (χ3v) is 4.99. The molecule has 0 radical (unpaired) electrons. The predicted octanol–water partition coefficient (Wildman–Crippen LogP) is 3.78. The summed E-state index contributed by atoms with van der Waals surface area (Å²) in [7, 11) is 1.86. The zero-order valence-electron chi connectivity index (χ0n) is 17.5. The molecule has 0 atom stereocenters. The van der Waals surface area contributed by atoms with Crippen LogP contribution in [0.15, 0.2) is 48.5 Å². The lowest BCUT2D eigenvalue weighted by Gasteiger charge is -2.17. The number of hydrogen-bond acceptors (Lipinski definition) is 5. The first-order valence-electron chi connectivity index (χ1n) is 9.60. The number of aromatic nitrogens is 2. The second-order valence-electron chi connectivity index (χ2n) is 7.37. The Bertz CT molecular complexity index is 1080. The standard InChI is InChI=1S/C22H25N5O3/c1-15-10-11-19(27(29)30)12-21(15)23-22(28)14-25(4)13-20-16(2)24-26(17(20)3)18-8-6-5-7-9-18/h5-12H,13-14H2,1-4H3,(H,23,28). The van der Waals surface area contributed by atoms with Gasteiger partial charge in [-0.05, 0) is 45.5 Å². The number of anilines is 1. The van der Waals surface area contributed by atoms with Crippen molar-refractivity contribution in [1.29, 1.82) is 0 Å². The Hall–Kier alpha value is -3.52. The first-order valence-corrected chi connectivity index (χ1v) is 9.60. The van der Waals surface area contributed by atoms with E-state index in [9.17, 15) is 14.9 Å². The molecule has 0 aliphatic rings. The van der Waals surface area contributed by atoms with Gasteiger partial charge in [0.15, 0.2) is 0 Å². The van der Waals surface area contributed by atoms with Gasteiger partial charge in [0.25, 0.3) is 5.69 Å². The fourth-order valence-corrected chi connectivity index (χ4v) is 3.34. The summed E-state index contributed by atoms with van der Waals surface area (Å²) in [5, 5.41) is 18.4. The van der Waals surface area contributed by atoms with Gasteiger partial charge in [0.05, 0.1) is 28.5 Å². The number of carbonyl (C=O) groups excluding carboxylic acids is 1. The molecular formula is C22H25N5O3. The Morgan fingerprint density at radius 3 is 2.53 bits per heavy atom. The molecule has 1 aromatic heterocycles. The Labute approximate surface area is 175 Å². The molecule has 0 aliphatic heterocycles. The topological polar surface area (TPSA) is 93.3 Å². The summed E-state index contributed by atoms with van der Waals surface area (Å²) in [6, 6.07) is 14.3. The van der Waals surface area contributed by atoms with Crippen molar-refractivity contribution in [2.45, 2.75) is 27.3 Å². The van der Waals surface area contributed by atoms with Crippen molar-refractivity contribution in [1.82, 2.24) is 14.7 Å². The summed E-state index contributed by atoms with van der Waals surface area (Å²) in [6.45, 7) is 6.49. The van der Waals surface area contributed by atoms with Crippen molar-refractivity contribution in [3.8, 4) is 5.69 Å². The minimum atomic E-state index is -0.475. The molecule has 0 saturated carbocycles. The highest BCUT2D eigenvalue weighted by atomic mass is 16.6. The van der Waals surface area contributed by atoms with Crippen LogP contribution < -0.4 is 5.32 Å². The van der Waals surface area contributed by atoms with Crippen LogP contribution in [-0.4, -0.2) is 39.1 Å². The van der Waals surface area contributed by atoms with Gasteiger partial charge in [-0.25, -0.2) is 4.68 Å². The van der Waals surface area contributed by atoms with E-state index in [1.165, 1.54) is 12.1 Å². The van der Waals surface area contributed by atoms with Crippen LogP contribution in [0.4, 0.5) is 11.4 Å². The number of non-ortho nitro benzene ring substituents is 1. The van der Waals surface area contributed by atoms with E-state index in [-0.39, 0.29) is 18.1 Å². The van der Waals surface area contributed by atoms with E-state index >= 15 is 0 Å². The van der Waals surface area contributed by atoms with Crippen LogP contribution in [0, 0.1) is 30.9 Å². The summed E-state index contributed by atoms with van der Waals surface area (Å²) < 4.78 is 1.91. The molecular weight excluding hydrogens is 382 g/mol. The summed E-state index contributed by atoms with van der Waals surface area (Å²) in [4.78, 5) is 24.9. The molecule has 0 bridgehead atoms. The quantitative estimate of drug-likeness (QED) is 0.475. The van der Waals surface area contributed by atoms with E-state index in [4.69, 9.17) is 0 Å². The Kier molecular flexibility index (Phi) is 6.27. The highest BCUT2D eigenvalue weighted by Crippen LogP contribution is 2.22. The molecule has 3 rings (SSSR count). The molecule has 0 fully saturated rings. The number of carbonyl (C=O) groups is 1. The third-order valence-electron chi connectivity index (χ3n) is 4.99. The molecule has 1 amide bonds. The van der Waals surface area contributed by atoms with Crippen LogP contribution in [0.2, 0.25) is 0 Å². The molecule has 30 heavy (non-hydrogen) atoms. The summed E-state index contributed by atoms with van der Waals surface area (Å²) >= 11 is 0. The van der Waals surface area contributed by atoms with Crippen LogP contribution in [0.3, 0.4) is 0 Å². The fraction of sp³-hybridized carbons (Fsp3) is 0.273. The number of hydrogen-bond donors (Lipinski definition) is 1. The van der Waals surface area contributed by atoms with E-state index in [2.05, 4.69) is 10.4 Å². The molecule has 0 aliphatic carbocycles. The van der Waals surface area contributed by atoms with Crippen molar-refractivity contribution in [2.75, 3.05) is 18.9 Å². The zero-order valence-corrected chi connectivity index (χ0v) is 17.5. The maximum absolute atomic E-state index is 12.5. The molecule has 8 nitrogen and oxygen atoms in total. The van der Waals surface area contributed by atoms with E-state index in [1.807, 2.05) is 60.8 Å². The molecule has 0 saturated heterocycles. The van der Waals surface area contributed by atoms with E-state index in [0.29, 0.717) is 12.2 Å². The number of para-hydroxylation sites is 1. The van der Waals surface area contributed by atoms with Crippen LogP contribution in [-0.2, 0) is 11.3 Å². The van der Waals surface area contributed by atoms with Crippen LogP contribution in [0.5, 0.6) is 0 Å². The van der Waals surface area contributed by atoms with Gasteiger partial charge in [-0.2, -0.15) is 5.10 Å². The van der Waals surface area contributed by atoms with E-state index < -0.39 is 4.92 Å². The zero-order chi connectivity index (χ0) is 21.8. The van der Waals surface area contributed by atoms with Gasteiger partial charge in [0, 0.05) is 29.9 Å². The normalized spacial score (nSPS) is 11.0. The minimum absolute atomic E-state index is 0.0520. The van der Waals surface area contributed by atoms with Crippen molar-refractivity contribution < 1.29 is 9.72 Å².